The van der Waals surface area contributed by atoms with Gasteiger partial charge in [0, 0.05) is 19.2 Å². The van der Waals surface area contributed by atoms with Crippen molar-refractivity contribution in [3.8, 4) is 0 Å². The summed E-state index contributed by atoms with van der Waals surface area (Å²) >= 11 is 0. The minimum atomic E-state index is -3.49. The second kappa shape index (κ2) is 5.03. The molecule has 20 heavy (non-hydrogen) atoms. The molecule has 1 aliphatic heterocycles. The highest BCUT2D eigenvalue weighted by molar-refractivity contribution is 6.04. The van der Waals surface area contributed by atoms with Crippen molar-refractivity contribution in [1.82, 2.24) is 0 Å². The van der Waals surface area contributed by atoms with E-state index >= 15 is 0 Å². The summed E-state index contributed by atoms with van der Waals surface area (Å²) in [6.07, 6.45) is 2.84. The molecule has 106 valence electrons. The summed E-state index contributed by atoms with van der Waals surface area (Å²) in [5, 5.41) is 0. The zero-order chi connectivity index (χ0) is 14.9. The van der Waals surface area contributed by atoms with Crippen LogP contribution in [0.3, 0.4) is 0 Å². The van der Waals surface area contributed by atoms with Gasteiger partial charge in [-0.1, -0.05) is 6.08 Å². The van der Waals surface area contributed by atoms with Crippen molar-refractivity contribution in [2.75, 3.05) is 11.4 Å². The fourth-order valence-corrected chi connectivity index (χ4v) is 1.90. The molecule has 0 aliphatic carbocycles. The van der Waals surface area contributed by atoms with Crippen molar-refractivity contribution >= 4 is 11.5 Å². The zero-order valence-electron chi connectivity index (χ0n) is 10.7. The molecule has 0 aromatic heterocycles. The lowest BCUT2D eigenvalue weighted by atomic mass is 10.0. The summed E-state index contributed by atoms with van der Waals surface area (Å²) in [5.41, 5.74) is 6.08. The van der Waals surface area contributed by atoms with E-state index in [1.807, 2.05) is 0 Å². The molecule has 2 rings (SSSR count). The Labute approximate surface area is 114 Å². The lowest BCUT2D eigenvalue weighted by Gasteiger charge is -2.28. The van der Waals surface area contributed by atoms with Gasteiger partial charge < -0.3 is 10.6 Å². The van der Waals surface area contributed by atoms with Crippen LogP contribution in [0.25, 0.3) is 0 Å². The molecule has 0 bridgehead atoms. The van der Waals surface area contributed by atoms with Crippen LogP contribution in [-0.4, -0.2) is 18.3 Å². The van der Waals surface area contributed by atoms with E-state index in [9.17, 15) is 18.0 Å². The van der Waals surface area contributed by atoms with Crippen LogP contribution in [0.1, 0.15) is 6.92 Å². The van der Waals surface area contributed by atoms with Crippen molar-refractivity contribution in [2.45, 2.75) is 12.8 Å². The smallest absolute Gasteiger partial charge is 0.307 e. The third kappa shape index (κ3) is 2.68. The standard InChI is InChI=1S/C14H13F3N2O/c1-14(16,17)12(20)11-3-2-8-19(13(11)18)10-6-4-9(15)5-7-10/h2-7H,8,18H2,1H3. The summed E-state index contributed by atoms with van der Waals surface area (Å²) in [7, 11) is 0. The SMILES string of the molecule is CC(F)(F)C(=O)C1=C(N)N(c2ccc(F)cc2)CC=C1. The van der Waals surface area contributed by atoms with Gasteiger partial charge in [0.05, 0.1) is 5.57 Å². The summed E-state index contributed by atoms with van der Waals surface area (Å²) in [6.45, 7) is 0.851. The topological polar surface area (TPSA) is 46.3 Å². The van der Waals surface area contributed by atoms with Crippen molar-refractivity contribution in [2.24, 2.45) is 5.73 Å². The molecule has 2 N–H and O–H groups in total. The number of carbonyl (C=O) groups is 1. The van der Waals surface area contributed by atoms with E-state index in [0.717, 1.165) is 0 Å². The lowest BCUT2D eigenvalue weighted by molar-refractivity contribution is -0.136. The average molecular weight is 282 g/mol. The second-order valence-corrected chi connectivity index (χ2v) is 4.51. The van der Waals surface area contributed by atoms with Crippen LogP contribution in [0.4, 0.5) is 18.9 Å². The summed E-state index contributed by atoms with van der Waals surface area (Å²) in [5.74, 6) is -5.31. The Hall–Kier alpha value is -2.24. The van der Waals surface area contributed by atoms with Gasteiger partial charge in [0.25, 0.3) is 0 Å². The van der Waals surface area contributed by atoms with Gasteiger partial charge in [-0.05, 0) is 30.3 Å². The molecule has 1 aromatic rings. The average Bonchev–Trinajstić information content (AvgIpc) is 2.38. The zero-order valence-corrected chi connectivity index (χ0v) is 10.7. The van der Waals surface area contributed by atoms with Gasteiger partial charge >= 0.3 is 5.92 Å². The van der Waals surface area contributed by atoms with E-state index < -0.39 is 17.5 Å². The van der Waals surface area contributed by atoms with E-state index in [4.69, 9.17) is 5.73 Å². The first-order chi connectivity index (χ1) is 9.30. The van der Waals surface area contributed by atoms with Gasteiger partial charge in [-0.25, -0.2) is 4.39 Å². The molecule has 1 heterocycles. The van der Waals surface area contributed by atoms with Gasteiger partial charge in [0.15, 0.2) is 0 Å². The number of nitrogens with zero attached hydrogens (tertiary/aromatic N) is 1. The Bertz CT molecular complexity index is 585. The number of Topliss-reactive ketones (excluding diaryl/α,β-unsaturated/α-hetero) is 1. The largest absolute Gasteiger partial charge is 0.384 e. The fraction of sp³-hybridized carbons (Fsp3) is 0.214. The lowest BCUT2D eigenvalue weighted by Crippen LogP contribution is -2.36. The molecule has 0 amide bonds. The first-order valence-corrected chi connectivity index (χ1v) is 5.92. The van der Waals surface area contributed by atoms with Crippen LogP contribution >= 0.6 is 0 Å². The van der Waals surface area contributed by atoms with E-state index in [2.05, 4.69) is 0 Å². The predicted octanol–water partition coefficient (Wildman–Crippen LogP) is 2.60. The molecular formula is C14H13F3N2O. The normalized spacial score (nSPS) is 15.7. The number of rotatable bonds is 3. The van der Waals surface area contributed by atoms with Crippen molar-refractivity contribution in [1.29, 1.82) is 0 Å². The minimum Gasteiger partial charge on any atom is -0.384 e. The molecule has 0 radical (unpaired) electrons. The third-order valence-electron chi connectivity index (χ3n) is 2.92. The van der Waals surface area contributed by atoms with Gasteiger partial charge in [-0.2, -0.15) is 8.78 Å². The van der Waals surface area contributed by atoms with Crippen LogP contribution in [0, 0.1) is 5.82 Å². The first-order valence-electron chi connectivity index (χ1n) is 5.92. The number of alkyl halides is 2. The van der Waals surface area contributed by atoms with Crippen LogP contribution in [0.15, 0.2) is 47.8 Å². The Morgan fingerprint density at radius 2 is 1.90 bits per heavy atom. The number of hydrogen-bond donors (Lipinski definition) is 1. The third-order valence-corrected chi connectivity index (χ3v) is 2.92. The van der Waals surface area contributed by atoms with E-state index in [1.54, 1.807) is 6.08 Å². The Morgan fingerprint density at radius 1 is 1.30 bits per heavy atom. The Balaban J connectivity index is 2.39. The summed E-state index contributed by atoms with van der Waals surface area (Å²) in [6, 6.07) is 5.40. The highest BCUT2D eigenvalue weighted by Gasteiger charge is 2.36. The van der Waals surface area contributed by atoms with E-state index in [0.29, 0.717) is 19.2 Å². The maximum absolute atomic E-state index is 13.1. The fourth-order valence-electron chi connectivity index (χ4n) is 1.90. The summed E-state index contributed by atoms with van der Waals surface area (Å²) < 4.78 is 39.1. The molecule has 0 fully saturated rings. The van der Waals surface area contributed by atoms with E-state index in [-0.39, 0.29) is 11.4 Å². The molecule has 1 aliphatic rings. The molecular weight excluding hydrogens is 269 g/mol. The maximum Gasteiger partial charge on any atom is 0.307 e. The molecule has 0 saturated heterocycles. The highest BCUT2D eigenvalue weighted by Crippen LogP contribution is 2.26. The Morgan fingerprint density at radius 3 is 2.45 bits per heavy atom. The van der Waals surface area contributed by atoms with E-state index in [1.165, 1.54) is 35.2 Å². The second-order valence-electron chi connectivity index (χ2n) is 4.51. The molecule has 6 heteroatoms. The predicted molar refractivity (Wildman–Crippen MR) is 69.7 cm³/mol. The maximum atomic E-state index is 13.1. The number of anilines is 1. The van der Waals surface area contributed by atoms with Gasteiger partial charge in [-0.3, -0.25) is 4.79 Å². The molecule has 0 saturated carbocycles. The molecule has 0 spiro atoms. The van der Waals surface area contributed by atoms with Gasteiger partial charge in [-0.15, -0.1) is 0 Å². The number of nitrogens with two attached hydrogens (primary N) is 1. The molecule has 0 unspecified atom stereocenters. The first kappa shape index (κ1) is 14.2. The number of benzene rings is 1. The summed E-state index contributed by atoms with van der Waals surface area (Å²) in [4.78, 5) is 13.1. The molecule has 1 aromatic carbocycles. The van der Waals surface area contributed by atoms with Crippen molar-refractivity contribution in [3.63, 3.8) is 0 Å². The van der Waals surface area contributed by atoms with Crippen molar-refractivity contribution < 1.29 is 18.0 Å². The van der Waals surface area contributed by atoms with Crippen LogP contribution in [-0.2, 0) is 4.79 Å². The number of carbonyl (C=O) groups excluding carboxylic acids is 1. The number of ketones is 1. The van der Waals surface area contributed by atoms with Crippen molar-refractivity contribution in [3.05, 3.63) is 53.6 Å². The monoisotopic (exact) mass is 282 g/mol. The number of hydrogen-bond acceptors (Lipinski definition) is 3. The number of allylic oxidation sites excluding steroid dienone is 2. The van der Waals surface area contributed by atoms with Gasteiger partial charge in [0.2, 0.25) is 5.78 Å². The quantitative estimate of drug-likeness (QED) is 0.927. The minimum absolute atomic E-state index is 0.0642. The number of halogens is 3. The molecule has 0 atom stereocenters. The van der Waals surface area contributed by atoms with Crippen LogP contribution in [0.2, 0.25) is 0 Å². The van der Waals surface area contributed by atoms with Crippen LogP contribution in [0.5, 0.6) is 0 Å². The van der Waals surface area contributed by atoms with Crippen LogP contribution < -0.4 is 10.6 Å². The van der Waals surface area contributed by atoms with Gasteiger partial charge in [0.1, 0.15) is 11.6 Å². The highest BCUT2D eigenvalue weighted by atomic mass is 19.3. The molecule has 3 nitrogen and oxygen atoms in total. The Kier molecular flexibility index (Phi) is 3.57.